The summed E-state index contributed by atoms with van der Waals surface area (Å²) in [6.07, 6.45) is 8.06. The summed E-state index contributed by atoms with van der Waals surface area (Å²) in [5.74, 6) is 1.69. The van der Waals surface area contributed by atoms with Crippen LogP contribution >= 0.6 is 183 Å². The number of carbonyl (C=O) groups is 4. The number of thioether (sulfide) groups is 2. The van der Waals surface area contributed by atoms with Crippen molar-refractivity contribution in [3.05, 3.63) is 71.8 Å². The van der Waals surface area contributed by atoms with Crippen LogP contribution in [0.3, 0.4) is 0 Å². The van der Waals surface area contributed by atoms with E-state index in [9.17, 15) is 19.2 Å². The number of thiocarbonyl (C=S) groups is 2. The fraction of sp³-hybridized carbons (Fsp3) is 0.667. The highest BCUT2D eigenvalue weighted by Crippen LogP contribution is 2.47. The molecule has 3 aliphatic rings. The zero-order chi connectivity index (χ0) is 50.8. The second kappa shape index (κ2) is 46.5. The highest BCUT2D eigenvalue weighted by molar-refractivity contribution is 8.00. The van der Waals surface area contributed by atoms with Gasteiger partial charge in [0.1, 0.15) is 12.1 Å². The molecule has 0 aromatic heterocycles. The molecule has 9 atom stereocenters. The minimum Gasteiger partial charge on any atom is -0.381 e. The summed E-state index contributed by atoms with van der Waals surface area (Å²) < 4.78 is 12.5. The highest BCUT2D eigenvalue weighted by atomic mass is 32.2. The first-order valence-electron chi connectivity index (χ1n) is 25.6. The van der Waals surface area contributed by atoms with E-state index in [1.165, 1.54) is 0 Å². The molecular formula is C54H102N6O6S14. The summed E-state index contributed by atoms with van der Waals surface area (Å²) in [6.45, 7) is 16.5. The normalized spacial score (nSPS) is 20.2. The predicted octanol–water partition coefficient (Wildman–Crippen LogP) is 10.0. The maximum atomic E-state index is 14.5. The first-order valence-corrected chi connectivity index (χ1v) is 28.6. The molecule has 2 aromatic carbocycles. The zero-order valence-electron chi connectivity index (χ0n) is 48.0. The summed E-state index contributed by atoms with van der Waals surface area (Å²) in [5, 5.41) is 16.1. The molecule has 0 radical (unpaired) electrons. The Bertz CT molecular complexity index is 2040. The van der Waals surface area contributed by atoms with Crippen LogP contribution < -0.4 is 26.6 Å². The molecule has 3 heterocycles. The minimum atomic E-state index is -0.529. The molecule has 468 valence electrons. The van der Waals surface area contributed by atoms with Gasteiger partial charge in [0.25, 0.3) is 0 Å². The number of carbonyl (C=O) groups excluding carboxylic acids is 4. The molecular weight excluding hydrogens is 1280 g/mol. The number of Topliss-reactive ketones (excluding diaryl/α,β-unsaturated/α-hetero) is 1. The number of fused-ring (bicyclic) bond motifs is 1. The molecule has 2 aromatic rings. The number of nitrogens with zero attached hydrogens (tertiary/aromatic N) is 1. The van der Waals surface area contributed by atoms with Crippen LogP contribution in [0, 0.1) is 16.7 Å². The van der Waals surface area contributed by atoms with E-state index in [1.807, 2.05) is 67.4 Å². The van der Waals surface area contributed by atoms with Crippen LogP contribution in [0.15, 0.2) is 60.7 Å². The molecule has 12 nitrogen and oxygen atoms in total. The molecule has 0 unspecified atom stereocenters. The minimum absolute atomic E-state index is 0. The summed E-state index contributed by atoms with van der Waals surface area (Å²) in [7, 11) is 1.85. The van der Waals surface area contributed by atoms with Crippen molar-refractivity contribution in [2.24, 2.45) is 16.7 Å². The number of rotatable bonds is 27. The van der Waals surface area contributed by atoms with Gasteiger partial charge >= 0.3 is 0 Å². The van der Waals surface area contributed by atoms with Crippen LogP contribution in [0.4, 0.5) is 0 Å². The Balaban J connectivity index is -0.00000137. The smallest absolute Gasteiger partial charge is 0.246 e. The van der Waals surface area contributed by atoms with Crippen molar-refractivity contribution in [1.29, 1.82) is 0 Å². The Kier molecular flexibility index (Phi) is 53.2. The number of likely N-dealkylation sites (N-methyl/N-ethyl adjacent to an activating group) is 1. The van der Waals surface area contributed by atoms with Gasteiger partial charge in [-0.25, -0.2) is 0 Å². The van der Waals surface area contributed by atoms with Gasteiger partial charge in [-0.05, 0) is 92.4 Å². The number of benzene rings is 2. The van der Waals surface area contributed by atoms with Crippen molar-refractivity contribution < 1.29 is 28.7 Å². The second-order valence-corrected chi connectivity index (χ2v) is 24.4. The van der Waals surface area contributed by atoms with Gasteiger partial charge in [-0.3, -0.25) is 19.2 Å². The van der Waals surface area contributed by atoms with Crippen LogP contribution in [0.25, 0.3) is 0 Å². The molecule has 80 heavy (non-hydrogen) atoms. The van der Waals surface area contributed by atoms with Gasteiger partial charge < -0.3 is 41.0 Å². The van der Waals surface area contributed by atoms with Gasteiger partial charge in [0.05, 0.1) is 52.1 Å². The van der Waals surface area contributed by atoms with Gasteiger partial charge in [-0.1, -0.05) is 139 Å². The number of nitrogens with one attached hydrogen (secondary N) is 5. The average Bonchev–Trinajstić information content (AvgIpc) is 3.38. The highest BCUT2D eigenvalue weighted by Gasteiger charge is 2.54. The fourth-order valence-electron chi connectivity index (χ4n) is 9.60. The van der Waals surface area contributed by atoms with Gasteiger partial charge in [-0.2, -0.15) is 135 Å². The number of hydrogen-bond acceptors (Lipinski definition) is 11. The van der Waals surface area contributed by atoms with Crippen molar-refractivity contribution >= 4 is 216 Å². The largest absolute Gasteiger partial charge is 0.381 e. The molecule has 3 fully saturated rings. The summed E-state index contributed by atoms with van der Waals surface area (Å²) >= 11 is 14.7. The molecule has 3 saturated heterocycles. The van der Waals surface area contributed by atoms with Gasteiger partial charge in [-0.15, -0.1) is 23.5 Å². The molecule has 0 saturated carbocycles. The third-order valence-electron chi connectivity index (χ3n) is 14.0. The third-order valence-corrected chi connectivity index (χ3v) is 17.4. The predicted molar refractivity (Wildman–Crippen MR) is 399 cm³/mol. The quantitative estimate of drug-likeness (QED) is 0.0427. The lowest BCUT2D eigenvalue weighted by atomic mass is 9.79. The molecule has 0 aliphatic carbocycles. The van der Waals surface area contributed by atoms with E-state index >= 15 is 0 Å². The second-order valence-electron chi connectivity index (χ2n) is 21.0. The zero-order valence-corrected chi connectivity index (χ0v) is 61.3. The van der Waals surface area contributed by atoms with Crippen molar-refractivity contribution in [1.82, 2.24) is 31.5 Å². The lowest BCUT2D eigenvalue weighted by Crippen LogP contribution is -2.56. The number of unbranched alkanes of at least 4 members (excludes halogenated alkanes) is 3. The Labute approximate surface area is 570 Å². The van der Waals surface area contributed by atoms with Crippen LogP contribution in [0.5, 0.6) is 0 Å². The Morgan fingerprint density at radius 1 is 0.762 bits per heavy atom. The van der Waals surface area contributed by atoms with Crippen molar-refractivity contribution in [2.45, 2.75) is 166 Å². The van der Waals surface area contributed by atoms with Gasteiger partial charge in [0.2, 0.25) is 17.7 Å². The number of ketones is 1. The maximum Gasteiger partial charge on any atom is 0.246 e. The molecule has 0 spiro atoms. The summed E-state index contributed by atoms with van der Waals surface area (Å²) in [6, 6.07) is 18.4. The van der Waals surface area contributed by atoms with Crippen molar-refractivity contribution in [3.63, 3.8) is 0 Å². The van der Waals surface area contributed by atoms with Gasteiger partial charge in [0.15, 0.2) is 5.78 Å². The molecule has 3 amide bonds. The third kappa shape index (κ3) is 29.4. The van der Waals surface area contributed by atoms with Gasteiger partial charge in [0, 0.05) is 37.9 Å². The van der Waals surface area contributed by atoms with E-state index in [2.05, 4.69) is 80.3 Å². The molecule has 26 heteroatoms. The monoisotopic (exact) mass is 1380 g/mol. The van der Waals surface area contributed by atoms with E-state index in [-0.39, 0.29) is 210 Å². The van der Waals surface area contributed by atoms with Crippen molar-refractivity contribution in [3.8, 4) is 0 Å². The summed E-state index contributed by atoms with van der Waals surface area (Å²) in [4.78, 5) is 58.7. The first kappa shape index (κ1) is 91.5. The maximum absolute atomic E-state index is 14.5. The molecule has 0 bridgehead atoms. The molecule has 5 N–H and O–H groups in total. The standard InChI is InChI=1S/C54H82N6O6S4.10H2S/c1-9-36(2)50(67)57-41-24-28-69-46(59-49(41)63)32-53(4,5)31-45(62)56-43(39-22-16-13-17-23-39)35-66-27-19-11-10-18-26-65-34-40(38-20-14-12-15-21-38)30-44(61)48-54(6,7)33-47-60(48)52(64)42(25-29-70-47)58-51(68)37(3)55-8;;;;;;;;;;/h12-17,20-23,36-37,40-43,46-48,55H,9-11,18-19,24-35H2,1-8H3,(H,56,62)(H,57,67)(H,58,68)(H,59,63);10*1H2/t36-,37+,40-,41+,42+,43-,46+,47+,48-;;;;;;;;;;/m1........../s1. The Morgan fingerprint density at radius 2 is 1.29 bits per heavy atom. The van der Waals surface area contributed by atoms with E-state index in [4.69, 9.17) is 33.9 Å². The lowest BCUT2D eigenvalue weighted by Gasteiger charge is -2.35. The SMILES string of the molecule is CC[C@@H](C)C(=S)N[C@H]1CCS[C@@H](CC(C)(C)CC(=O)N[C@H](COCCCCCCOC[C@@H](CC(=O)[C@H]2N3C(=O)[C@@H](NC(=S)[C@H](C)NC)CCS[C@H]3CC2(C)C)c2ccccc2)c2ccccc2)NC1=O.S.S.S.S.S.S.S.S.S.S. The Hall–Kier alpha value is 0.380. The molecule has 3 aliphatic heterocycles. The topological polar surface area (TPSA) is 150 Å². The van der Waals surface area contributed by atoms with Crippen LogP contribution in [0.2, 0.25) is 0 Å². The number of ether oxygens (including phenoxy) is 2. The number of amides is 3. The average molecular weight is 1380 g/mol. The molecule has 5 rings (SSSR count). The van der Waals surface area contributed by atoms with Crippen LogP contribution in [-0.2, 0) is 28.7 Å². The van der Waals surface area contributed by atoms with E-state index in [1.54, 1.807) is 23.5 Å². The summed E-state index contributed by atoms with van der Waals surface area (Å²) in [5.41, 5.74) is 1.33. The Morgan fingerprint density at radius 3 is 1.85 bits per heavy atom. The van der Waals surface area contributed by atoms with Crippen molar-refractivity contribution in [2.75, 3.05) is 45.0 Å². The number of hydrogen-bond donors (Lipinski definition) is 5. The van der Waals surface area contributed by atoms with Crippen LogP contribution in [0.1, 0.15) is 142 Å². The fourth-order valence-corrected chi connectivity index (χ4v) is 13.2. The van der Waals surface area contributed by atoms with Crippen LogP contribution in [-0.4, -0.2) is 118 Å². The first-order chi connectivity index (χ1) is 33.4. The van der Waals surface area contributed by atoms with E-state index in [0.29, 0.717) is 63.5 Å². The lowest BCUT2D eigenvalue weighted by molar-refractivity contribution is -0.141. The van der Waals surface area contributed by atoms with E-state index in [0.717, 1.165) is 66.1 Å². The van der Waals surface area contributed by atoms with E-state index < -0.39 is 12.1 Å².